The van der Waals surface area contributed by atoms with Gasteiger partial charge in [0.05, 0.1) is 12.5 Å². The van der Waals surface area contributed by atoms with Crippen molar-refractivity contribution < 1.29 is 14.4 Å². The van der Waals surface area contributed by atoms with E-state index in [2.05, 4.69) is 29.3 Å². The summed E-state index contributed by atoms with van der Waals surface area (Å²) in [4.78, 5) is 15.4. The molecule has 0 aromatic carbocycles. The molecular weight excluding hydrogens is 258 g/mol. The summed E-state index contributed by atoms with van der Waals surface area (Å²) in [6.07, 6.45) is 3.57. The van der Waals surface area contributed by atoms with E-state index >= 15 is 0 Å². The molecule has 112 valence electrons. The number of carboxylic acid groups (broad SMARTS) is 1. The molecule has 6 nitrogen and oxygen atoms in total. The summed E-state index contributed by atoms with van der Waals surface area (Å²) in [6, 6.07) is 0. The van der Waals surface area contributed by atoms with Gasteiger partial charge < -0.3 is 14.9 Å². The molecule has 1 fully saturated rings. The summed E-state index contributed by atoms with van der Waals surface area (Å²) in [6.45, 7) is 5.44. The molecule has 20 heavy (non-hydrogen) atoms. The van der Waals surface area contributed by atoms with Gasteiger partial charge in [0.25, 0.3) is 0 Å². The van der Waals surface area contributed by atoms with Gasteiger partial charge in [-0.1, -0.05) is 25.4 Å². The van der Waals surface area contributed by atoms with Gasteiger partial charge in [0.2, 0.25) is 5.89 Å². The molecule has 1 aliphatic carbocycles. The van der Waals surface area contributed by atoms with Crippen LogP contribution >= 0.6 is 0 Å². The average molecular weight is 281 g/mol. The Bertz CT molecular complexity index is 445. The molecule has 1 saturated carbocycles. The zero-order valence-electron chi connectivity index (χ0n) is 12.1. The fourth-order valence-electron chi connectivity index (χ4n) is 2.77. The number of hydrogen-bond donors (Lipinski definition) is 2. The van der Waals surface area contributed by atoms with E-state index < -0.39 is 5.97 Å². The van der Waals surface area contributed by atoms with Gasteiger partial charge in [-0.15, -0.1) is 0 Å². The highest BCUT2D eigenvalue weighted by Crippen LogP contribution is 2.31. The first-order valence-electron chi connectivity index (χ1n) is 7.31. The molecular formula is C14H23N3O3. The second-order valence-corrected chi connectivity index (χ2v) is 5.97. The fourth-order valence-corrected chi connectivity index (χ4v) is 2.77. The minimum absolute atomic E-state index is 0.204. The molecule has 0 saturated heterocycles. The van der Waals surface area contributed by atoms with E-state index in [-0.39, 0.29) is 11.8 Å². The first kappa shape index (κ1) is 15.0. The summed E-state index contributed by atoms with van der Waals surface area (Å²) in [5.41, 5.74) is 0. The van der Waals surface area contributed by atoms with Crippen LogP contribution in [0.5, 0.6) is 0 Å². The summed E-state index contributed by atoms with van der Waals surface area (Å²) in [5.74, 6) is 1.14. The molecule has 0 radical (unpaired) electrons. The quantitative estimate of drug-likeness (QED) is 0.793. The van der Waals surface area contributed by atoms with E-state index in [1.54, 1.807) is 0 Å². The van der Waals surface area contributed by atoms with Crippen LogP contribution in [0.2, 0.25) is 0 Å². The van der Waals surface area contributed by atoms with Crippen molar-refractivity contribution in [1.82, 2.24) is 15.5 Å². The lowest BCUT2D eigenvalue weighted by molar-refractivity contribution is -0.142. The Labute approximate surface area is 118 Å². The molecule has 2 N–H and O–H groups in total. The molecule has 2 atom stereocenters. The van der Waals surface area contributed by atoms with Gasteiger partial charge >= 0.3 is 5.97 Å². The summed E-state index contributed by atoms with van der Waals surface area (Å²) >= 11 is 0. The smallest absolute Gasteiger partial charge is 0.306 e. The third-order valence-electron chi connectivity index (χ3n) is 3.76. The van der Waals surface area contributed by atoms with Crippen molar-refractivity contribution in [2.45, 2.75) is 46.1 Å². The van der Waals surface area contributed by atoms with Crippen LogP contribution in [0.3, 0.4) is 0 Å². The lowest BCUT2D eigenvalue weighted by Gasteiger charge is -2.15. The standard InChI is InChI=1S/C14H23N3O3/c1-9(2)6-13-16-12(17-20-13)8-15-7-10-4-3-5-11(10)14(18)19/h9-11,15H,3-8H2,1-2H3,(H,18,19). The normalized spacial score (nSPS) is 22.6. The molecule has 1 aromatic rings. The highest BCUT2D eigenvalue weighted by atomic mass is 16.5. The second-order valence-electron chi connectivity index (χ2n) is 5.97. The Morgan fingerprint density at radius 3 is 3.00 bits per heavy atom. The monoisotopic (exact) mass is 281 g/mol. The maximum absolute atomic E-state index is 11.1. The first-order chi connectivity index (χ1) is 9.56. The van der Waals surface area contributed by atoms with Crippen LogP contribution in [0.1, 0.15) is 44.8 Å². The number of carboxylic acids is 1. The fraction of sp³-hybridized carbons (Fsp3) is 0.786. The Hall–Kier alpha value is -1.43. The summed E-state index contributed by atoms with van der Waals surface area (Å²) in [7, 11) is 0. The van der Waals surface area contributed by atoms with Gasteiger partial charge in [-0.25, -0.2) is 0 Å². The van der Waals surface area contributed by atoms with Crippen molar-refractivity contribution in [3.8, 4) is 0 Å². The maximum atomic E-state index is 11.1. The molecule has 2 rings (SSSR count). The zero-order chi connectivity index (χ0) is 14.5. The summed E-state index contributed by atoms with van der Waals surface area (Å²) in [5, 5.41) is 16.3. The van der Waals surface area contributed by atoms with Crippen molar-refractivity contribution in [3.63, 3.8) is 0 Å². The molecule has 0 bridgehead atoms. The van der Waals surface area contributed by atoms with E-state index in [0.29, 0.717) is 30.7 Å². The van der Waals surface area contributed by atoms with Crippen molar-refractivity contribution >= 4 is 5.97 Å². The third-order valence-corrected chi connectivity index (χ3v) is 3.76. The first-order valence-corrected chi connectivity index (χ1v) is 7.31. The molecule has 1 aromatic heterocycles. The molecule has 6 heteroatoms. The van der Waals surface area contributed by atoms with Crippen LogP contribution in [-0.2, 0) is 17.8 Å². The Balaban J connectivity index is 1.75. The zero-order valence-corrected chi connectivity index (χ0v) is 12.1. The van der Waals surface area contributed by atoms with Crippen molar-refractivity contribution in [1.29, 1.82) is 0 Å². The number of hydrogen-bond acceptors (Lipinski definition) is 5. The minimum atomic E-state index is -0.673. The average Bonchev–Trinajstić information content (AvgIpc) is 2.98. The second kappa shape index (κ2) is 6.83. The number of aliphatic carboxylic acids is 1. The van der Waals surface area contributed by atoms with Gasteiger partial charge in [0.15, 0.2) is 5.82 Å². The predicted molar refractivity (Wildman–Crippen MR) is 73.0 cm³/mol. The van der Waals surface area contributed by atoms with Crippen LogP contribution in [0.25, 0.3) is 0 Å². The maximum Gasteiger partial charge on any atom is 0.306 e. The Morgan fingerprint density at radius 2 is 2.30 bits per heavy atom. The number of nitrogens with one attached hydrogen (secondary N) is 1. The lowest BCUT2D eigenvalue weighted by Crippen LogP contribution is -2.29. The van der Waals surface area contributed by atoms with Gasteiger partial charge in [0, 0.05) is 6.42 Å². The largest absolute Gasteiger partial charge is 0.481 e. The number of nitrogens with zero attached hydrogens (tertiary/aromatic N) is 2. The van der Waals surface area contributed by atoms with Crippen molar-refractivity contribution in [2.24, 2.45) is 17.8 Å². The molecule has 0 aliphatic heterocycles. The van der Waals surface area contributed by atoms with Crippen LogP contribution < -0.4 is 5.32 Å². The SMILES string of the molecule is CC(C)Cc1nc(CNCC2CCCC2C(=O)O)no1. The highest BCUT2D eigenvalue weighted by Gasteiger charge is 2.32. The predicted octanol–water partition coefficient (Wildman–Crippen LogP) is 1.86. The topological polar surface area (TPSA) is 88.2 Å². The number of aromatic nitrogens is 2. The van der Waals surface area contributed by atoms with Crippen LogP contribution in [0.15, 0.2) is 4.52 Å². The van der Waals surface area contributed by atoms with Gasteiger partial charge in [-0.2, -0.15) is 4.98 Å². The number of carbonyl (C=O) groups is 1. The van der Waals surface area contributed by atoms with E-state index in [9.17, 15) is 4.79 Å². The van der Waals surface area contributed by atoms with Gasteiger partial charge in [0.1, 0.15) is 0 Å². The van der Waals surface area contributed by atoms with Crippen LogP contribution in [0, 0.1) is 17.8 Å². The molecule has 2 unspecified atom stereocenters. The highest BCUT2D eigenvalue weighted by molar-refractivity contribution is 5.70. The molecule has 0 spiro atoms. The van der Waals surface area contributed by atoms with Crippen LogP contribution in [0.4, 0.5) is 0 Å². The third kappa shape index (κ3) is 4.03. The van der Waals surface area contributed by atoms with E-state index in [1.807, 2.05) is 0 Å². The molecule has 1 heterocycles. The molecule has 1 aliphatic rings. The van der Waals surface area contributed by atoms with E-state index in [1.165, 1.54) is 0 Å². The number of rotatable bonds is 7. The van der Waals surface area contributed by atoms with Crippen LogP contribution in [-0.4, -0.2) is 27.8 Å². The Morgan fingerprint density at radius 1 is 1.50 bits per heavy atom. The van der Waals surface area contributed by atoms with Gasteiger partial charge in [-0.05, 0) is 31.2 Å². The van der Waals surface area contributed by atoms with E-state index in [4.69, 9.17) is 9.63 Å². The lowest BCUT2D eigenvalue weighted by atomic mass is 9.96. The van der Waals surface area contributed by atoms with Gasteiger partial charge in [-0.3, -0.25) is 4.79 Å². The molecule has 0 amide bonds. The van der Waals surface area contributed by atoms with E-state index in [0.717, 1.165) is 25.7 Å². The van der Waals surface area contributed by atoms with Crippen molar-refractivity contribution in [2.75, 3.05) is 6.54 Å². The van der Waals surface area contributed by atoms with Crippen molar-refractivity contribution in [3.05, 3.63) is 11.7 Å². The Kier molecular flexibility index (Phi) is 5.11. The minimum Gasteiger partial charge on any atom is -0.481 e. The summed E-state index contributed by atoms with van der Waals surface area (Å²) < 4.78 is 5.16.